The fraction of sp³-hybridized carbons (Fsp3) is 0.200. The number of nitrogens with one attached hydrogen (secondary N) is 2. The Kier molecular flexibility index (Phi) is 4.39. The molecular formula is C20H18ClN3O2. The minimum absolute atomic E-state index is 0.0365. The summed E-state index contributed by atoms with van der Waals surface area (Å²) in [7, 11) is 0. The smallest absolute Gasteiger partial charge is 0.226 e. The van der Waals surface area contributed by atoms with Crippen LogP contribution in [0.2, 0.25) is 5.02 Å². The van der Waals surface area contributed by atoms with Crippen molar-refractivity contribution in [3.8, 4) is 17.0 Å². The lowest BCUT2D eigenvalue weighted by molar-refractivity contribution is -0.116. The van der Waals surface area contributed by atoms with Crippen molar-refractivity contribution in [1.29, 1.82) is 0 Å². The van der Waals surface area contributed by atoms with Crippen LogP contribution in [-0.2, 0) is 4.79 Å². The van der Waals surface area contributed by atoms with E-state index in [9.17, 15) is 4.79 Å². The number of benzene rings is 2. The molecule has 0 saturated heterocycles. The number of aromatic amines is 1. The normalized spacial score (nSPS) is 16.1. The van der Waals surface area contributed by atoms with Gasteiger partial charge in [-0.15, -0.1) is 0 Å². The van der Waals surface area contributed by atoms with E-state index in [-0.39, 0.29) is 11.8 Å². The van der Waals surface area contributed by atoms with Crippen molar-refractivity contribution in [3.05, 3.63) is 64.7 Å². The molecule has 2 heterocycles. The largest absolute Gasteiger partial charge is 0.494 e. The molecule has 0 spiro atoms. The number of rotatable bonds is 4. The van der Waals surface area contributed by atoms with Gasteiger partial charge in [0, 0.05) is 28.5 Å². The van der Waals surface area contributed by atoms with Gasteiger partial charge in [0.15, 0.2) is 5.82 Å². The lowest BCUT2D eigenvalue weighted by Gasteiger charge is -2.23. The molecule has 1 aliphatic rings. The van der Waals surface area contributed by atoms with Crippen LogP contribution in [0.4, 0.5) is 5.82 Å². The predicted molar refractivity (Wildman–Crippen MR) is 102 cm³/mol. The molecule has 0 unspecified atom stereocenters. The maximum atomic E-state index is 12.2. The van der Waals surface area contributed by atoms with E-state index in [2.05, 4.69) is 15.5 Å². The zero-order valence-corrected chi connectivity index (χ0v) is 15.0. The SMILES string of the molecule is CCOc1ccc([C@@H]2CC(=O)Nc3n[nH]c(-c4ccc(Cl)cc4)c32)cc1. The van der Waals surface area contributed by atoms with Crippen molar-refractivity contribution in [2.45, 2.75) is 19.3 Å². The molecule has 5 nitrogen and oxygen atoms in total. The van der Waals surface area contributed by atoms with Gasteiger partial charge >= 0.3 is 0 Å². The molecule has 26 heavy (non-hydrogen) atoms. The molecule has 2 N–H and O–H groups in total. The van der Waals surface area contributed by atoms with E-state index >= 15 is 0 Å². The van der Waals surface area contributed by atoms with Crippen LogP contribution in [0.3, 0.4) is 0 Å². The third kappa shape index (κ3) is 3.06. The molecule has 0 bridgehead atoms. The van der Waals surface area contributed by atoms with E-state index in [1.165, 1.54) is 0 Å². The molecule has 2 aromatic carbocycles. The van der Waals surface area contributed by atoms with Crippen LogP contribution >= 0.6 is 11.6 Å². The van der Waals surface area contributed by atoms with Gasteiger partial charge in [-0.2, -0.15) is 5.10 Å². The molecule has 3 aromatic rings. The van der Waals surface area contributed by atoms with E-state index in [0.29, 0.717) is 23.9 Å². The van der Waals surface area contributed by atoms with Gasteiger partial charge in [0.25, 0.3) is 0 Å². The van der Waals surface area contributed by atoms with E-state index in [1.807, 2.05) is 55.5 Å². The lowest BCUT2D eigenvalue weighted by Crippen LogP contribution is -2.23. The second-order valence-corrected chi connectivity index (χ2v) is 6.61. The molecule has 132 valence electrons. The van der Waals surface area contributed by atoms with Crippen molar-refractivity contribution < 1.29 is 9.53 Å². The first-order valence-electron chi connectivity index (χ1n) is 8.52. The third-order valence-electron chi connectivity index (χ3n) is 4.53. The molecule has 0 aliphatic carbocycles. The second-order valence-electron chi connectivity index (χ2n) is 6.17. The number of halogens is 1. The summed E-state index contributed by atoms with van der Waals surface area (Å²) in [6.45, 7) is 2.58. The van der Waals surface area contributed by atoms with Gasteiger partial charge < -0.3 is 10.1 Å². The fourth-order valence-corrected chi connectivity index (χ4v) is 3.47. The van der Waals surface area contributed by atoms with Crippen LogP contribution < -0.4 is 10.1 Å². The first-order valence-corrected chi connectivity index (χ1v) is 8.90. The molecule has 1 aliphatic heterocycles. The Morgan fingerprint density at radius 1 is 1.15 bits per heavy atom. The number of hydrogen-bond acceptors (Lipinski definition) is 3. The van der Waals surface area contributed by atoms with Crippen molar-refractivity contribution in [2.24, 2.45) is 0 Å². The summed E-state index contributed by atoms with van der Waals surface area (Å²) in [5, 5.41) is 10.9. The quantitative estimate of drug-likeness (QED) is 0.708. The lowest BCUT2D eigenvalue weighted by atomic mass is 9.84. The van der Waals surface area contributed by atoms with Crippen molar-refractivity contribution >= 4 is 23.3 Å². The zero-order chi connectivity index (χ0) is 18.1. The fourth-order valence-electron chi connectivity index (χ4n) is 3.34. The van der Waals surface area contributed by atoms with Gasteiger partial charge in [-0.25, -0.2) is 0 Å². The molecule has 0 saturated carbocycles. The van der Waals surface area contributed by atoms with Crippen LogP contribution in [0.25, 0.3) is 11.3 Å². The highest BCUT2D eigenvalue weighted by molar-refractivity contribution is 6.30. The number of carbonyl (C=O) groups is 1. The standard InChI is InChI=1S/C20H18ClN3O2/c1-2-26-15-9-5-12(6-10-15)16-11-17(25)22-20-18(16)19(23-24-20)13-3-7-14(21)8-4-13/h3-10,16H,2,11H2,1H3,(H2,22,23,24,25)/t16-/m0/s1. The van der Waals surface area contributed by atoms with Crippen molar-refractivity contribution in [3.63, 3.8) is 0 Å². The average Bonchev–Trinajstić information content (AvgIpc) is 3.06. The van der Waals surface area contributed by atoms with Crippen LogP contribution in [0.15, 0.2) is 48.5 Å². The highest BCUT2D eigenvalue weighted by Crippen LogP contribution is 2.42. The molecule has 0 fully saturated rings. The van der Waals surface area contributed by atoms with Crippen LogP contribution in [0.5, 0.6) is 5.75 Å². The number of nitrogens with zero attached hydrogens (tertiary/aromatic N) is 1. The summed E-state index contributed by atoms with van der Waals surface area (Å²) in [4.78, 5) is 12.2. The number of hydrogen-bond donors (Lipinski definition) is 2. The first kappa shape index (κ1) is 16.7. The number of fused-ring (bicyclic) bond motifs is 1. The van der Waals surface area contributed by atoms with Crippen LogP contribution in [0.1, 0.15) is 30.4 Å². The third-order valence-corrected chi connectivity index (χ3v) is 4.78. The number of ether oxygens (including phenoxy) is 1. The summed E-state index contributed by atoms with van der Waals surface area (Å²) in [6.07, 6.45) is 0.376. The zero-order valence-electron chi connectivity index (χ0n) is 14.3. The van der Waals surface area contributed by atoms with E-state index < -0.39 is 0 Å². The number of carbonyl (C=O) groups excluding carboxylic acids is 1. The van der Waals surface area contributed by atoms with Crippen LogP contribution in [0, 0.1) is 0 Å². The Bertz CT molecular complexity index is 933. The van der Waals surface area contributed by atoms with Crippen molar-refractivity contribution in [2.75, 3.05) is 11.9 Å². The Labute approximate surface area is 156 Å². The molecule has 0 radical (unpaired) electrons. The van der Waals surface area contributed by atoms with Gasteiger partial charge in [0.1, 0.15) is 5.75 Å². The molecule has 1 atom stereocenters. The average molecular weight is 368 g/mol. The Morgan fingerprint density at radius 3 is 2.58 bits per heavy atom. The van der Waals surface area contributed by atoms with Gasteiger partial charge in [0.05, 0.1) is 12.3 Å². The van der Waals surface area contributed by atoms with Gasteiger partial charge in [-0.05, 0) is 36.8 Å². The Hall–Kier alpha value is -2.79. The van der Waals surface area contributed by atoms with E-state index in [4.69, 9.17) is 16.3 Å². The van der Waals surface area contributed by atoms with E-state index in [0.717, 1.165) is 28.1 Å². The number of anilines is 1. The molecule has 4 rings (SSSR count). The number of amides is 1. The maximum absolute atomic E-state index is 12.2. The predicted octanol–water partition coefficient (Wildman–Crippen LogP) is 4.60. The summed E-state index contributed by atoms with van der Waals surface area (Å²) in [6, 6.07) is 15.5. The van der Waals surface area contributed by atoms with Crippen LogP contribution in [-0.4, -0.2) is 22.7 Å². The van der Waals surface area contributed by atoms with Gasteiger partial charge in [0.2, 0.25) is 5.91 Å². The van der Waals surface area contributed by atoms with Gasteiger partial charge in [-0.1, -0.05) is 35.9 Å². The molecular weight excluding hydrogens is 350 g/mol. The number of H-pyrrole nitrogens is 1. The molecule has 1 amide bonds. The number of aromatic nitrogens is 2. The van der Waals surface area contributed by atoms with Gasteiger partial charge in [-0.3, -0.25) is 9.89 Å². The highest BCUT2D eigenvalue weighted by atomic mass is 35.5. The Morgan fingerprint density at radius 2 is 1.88 bits per heavy atom. The highest BCUT2D eigenvalue weighted by Gasteiger charge is 2.32. The minimum atomic E-state index is -0.0705. The summed E-state index contributed by atoms with van der Waals surface area (Å²) >= 11 is 6.01. The Balaban J connectivity index is 1.77. The van der Waals surface area contributed by atoms with E-state index in [1.54, 1.807) is 0 Å². The topological polar surface area (TPSA) is 67.0 Å². The summed E-state index contributed by atoms with van der Waals surface area (Å²) < 4.78 is 5.52. The summed E-state index contributed by atoms with van der Waals surface area (Å²) in [5.74, 6) is 1.30. The maximum Gasteiger partial charge on any atom is 0.226 e. The summed E-state index contributed by atoms with van der Waals surface area (Å²) in [5.41, 5.74) is 3.93. The van der Waals surface area contributed by atoms with Crippen molar-refractivity contribution in [1.82, 2.24) is 10.2 Å². The molecule has 6 heteroatoms. The minimum Gasteiger partial charge on any atom is -0.494 e. The second kappa shape index (κ2) is 6.84. The molecule has 1 aromatic heterocycles. The first-order chi connectivity index (χ1) is 12.7. The monoisotopic (exact) mass is 367 g/mol.